The summed E-state index contributed by atoms with van der Waals surface area (Å²) in [5.41, 5.74) is 1.08. The van der Waals surface area contributed by atoms with Gasteiger partial charge in [0.25, 0.3) is 0 Å². The van der Waals surface area contributed by atoms with E-state index >= 15 is 0 Å². The van der Waals surface area contributed by atoms with E-state index in [-0.39, 0.29) is 6.10 Å². The van der Waals surface area contributed by atoms with Crippen molar-refractivity contribution in [3.63, 3.8) is 0 Å². The fourth-order valence-corrected chi connectivity index (χ4v) is 0.706. The molecule has 0 bridgehead atoms. The second-order valence-corrected chi connectivity index (χ2v) is 2.97. The average molecular weight is 142 g/mol. The Morgan fingerprint density at radius 1 is 1.50 bits per heavy atom. The van der Waals surface area contributed by atoms with Crippen LogP contribution in [-0.4, -0.2) is 11.2 Å². The van der Waals surface area contributed by atoms with E-state index < -0.39 is 0 Å². The molecule has 0 aromatic heterocycles. The maximum absolute atomic E-state index is 9.10. The van der Waals surface area contributed by atoms with Crippen LogP contribution in [-0.2, 0) is 0 Å². The molecule has 0 fully saturated rings. The van der Waals surface area contributed by atoms with Gasteiger partial charge >= 0.3 is 0 Å². The summed E-state index contributed by atoms with van der Waals surface area (Å²) < 4.78 is 0. The molecule has 1 N–H and O–H groups in total. The van der Waals surface area contributed by atoms with Gasteiger partial charge < -0.3 is 5.11 Å². The molecule has 0 aliphatic heterocycles. The minimum Gasteiger partial charge on any atom is -0.389 e. The summed E-state index contributed by atoms with van der Waals surface area (Å²) in [7, 11) is 0. The predicted octanol–water partition coefficient (Wildman–Crippen LogP) is 2.36. The first-order chi connectivity index (χ1) is 4.57. The van der Waals surface area contributed by atoms with Crippen LogP contribution in [0.4, 0.5) is 0 Å². The molecule has 1 nitrogen and oxygen atoms in total. The van der Waals surface area contributed by atoms with E-state index in [1.54, 1.807) is 6.92 Å². The monoisotopic (exact) mass is 142 g/mol. The van der Waals surface area contributed by atoms with Crippen LogP contribution in [0, 0.1) is 5.92 Å². The standard InChI is InChI=1S/C9H18O/c1-5-7(2)6-8(3)9(4)10/h6-7,9-10H,5H2,1-4H3. The number of aliphatic hydroxyl groups is 1. The maximum atomic E-state index is 9.10. The predicted molar refractivity (Wildman–Crippen MR) is 44.9 cm³/mol. The van der Waals surface area contributed by atoms with Crippen LogP contribution in [0.15, 0.2) is 11.6 Å². The van der Waals surface area contributed by atoms with Gasteiger partial charge in [-0.2, -0.15) is 0 Å². The molecule has 60 valence electrons. The fraction of sp³-hybridized carbons (Fsp3) is 0.778. The number of rotatable bonds is 3. The van der Waals surface area contributed by atoms with Gasteiger partial charge in [-0.25, -0.2) is 0 Å². The molecule has 0 spiro atoms. The van der Waals surface area contributed by atoms with Gasteiger partial charge in [-0.1, -0.05) is 26.3 Å². The molecular formula is C9H18O. The van der Waals surface area contributed by atoms with Crippen LogP contribution >= 0.6 is 0 Å². The summed E-state index contributed by atoms with van der Waals surface area (Å²) in [6.07, 6.45) is 2.99. The number of allylic oxidation sites excluding steroid dienone is 1. The van der Waals surface area contributed by atoms with Crippen LogP contribution < -0.4 is 0 Å². The summed E-state index contributed by atoms with van der Waals surface area (Å²) in [6, 6.07) is 0. The zero-order chi connectivity index (χ0) is 8.15. The average Bonchev–Trinajstić information content (AvgIpc) is 1.87. The summed E-state index contributed by atoms with van der Waals surface area (Å²) in [4.78, 5) is 0. The SMILES string of the molecule is CCC(C)C=C(C)C(C)O. The molecule has 0 amide bonds. The molecule has 2 atom stereocenters. The Kier molecular flexibility index (Phi) is 4.37. The van der Waals surface area contributed by atoms with Crippen LogP contribution in [0.25, 0.3) is 0 Å². The Bertz CT molecular complexity index is 114. The Morgan fingerprint density at radius 2 is 2.00 bits per heavy atom. The molecule has 0 aromatic carbocycles. The summed E-state index contributed by atoms with van der Waals surface area (Å²) >= 11 is 0. The van der Waals surface area contributed by atoms with E-state index in [4.69, 9.17) is 5.11 Å². The fourth-order valence-electron chi connectivity index (χ4n) is 0.706. The Hall–Kier alpha value is -0.300. The Labute approximate surface area is 63.8 Å². The van der Waals surface area contributed by atoms with Crippen LogP contribution in [0.2, 0.25) is 0 Å². The lowest BCUT2D eigenvalue weighted by Crippen LogP contribution is -2.02. The second-order valence-electron chi connectivity index (χ2n) is 2.97. The van der Waals surface area contributed by atoms with E-state index in [2.05, 4.69) is 19.9 Å². The third kappa shape index (κ3) is 3.67. The summed E-state index contributed by atoms with van der Waals surface area (Å²) in [6.45, 7) is 8.08. The van der Waals surface area contributed by atoms with Gasteiger partial charge in [0.05, 0.1) is 6.10 Å². The van der Waals surface area contributed by atoms with Gasteiger partial charge in [-0.05, 0) is 25.3 Å². The molecule has 0 aliphatic carbocycles. The molecule has 0 rings (SSSR count). The largest absolute Gasteiger partial charge is 0.389 e. The van der Waals surface area contributed by atoms with E-state index in [1.807, 2.05) is 6.92 Å². The van der Waals surface area contributed by atoms with Crippen LogP contribution in [0.5, 0.6) is 0 Å². The second kappa shape index (κ2) is 4.51. The van der Waals surface area contributed by atoms with Gasteiger partial charge in [0.15, 0.2) is 0 Å². The van der Waals surface area contributed by atoms with Gasteiger partial charge in [-0.15, -0.1) is 0 Å². The first-order valence-corrected chi connectivity index (χ1v) is 3.94. The minimum absolute atomic E-state index is 0.283. The lowest BCUT2D eigenvalue weighted by molar-refractivity contribution is 0.230. The molecule has 0 radical (unpaired) electrons. The normalized spacial score (nSPS) is 18.7. The van der Waals surface area contributed by atoms with E-state index in [9.17, 15) is 0 Å². The van der Waals surface area contributed by atoms with Crippen molar-refractivity contribution in [1.82, 2.24) is 0 Å². The molecule has 0 saturated carbocycles. The lowest BCUT2D eigenvalue weighted by Gasteiger charge is -2.07. The van der Waals surface area contributed by atoms with E-state index in [1.165, 1.54) is 0 Å². The lowest BCUT2D eigenvalue weighted by atomic mass is 10.0. The number of hydrogen-bond donors (Lipinski definition) is 1. The maximum Gasteiger partial charge on any atom is 0.0719 e. The van der Waals surface area contributed by atoms with Gasteiger partial charge in [-0.3, -0.25) is 0 Å². The molecule has 0 aromatic rings. The van der Waals surface area contributed by atoms with Crippen molar-refractivity contribution in [2.24, 2.45) is 5.92 Å². The van der Waals surface area contributed by atoms with Crippen molar-refractivity contribution in [3.8, 4) is 0 Å². The molecule has 2 unspecified atom stereocenters. The summed E-state index contributed by atoms with van der Waals surface area (Å²) in [5.74, 6) is 0.592. The van der Waals surface area contributed by atoms with Crippen molar-refractivity contribution in [1.29, 1.82) is 0 Å². The molecule has 0 aliphatic rings. The van der Waals surface area contributed by atoms with Crippen molar-refractivity contribution in [2.45, 2.75) is 40.2 Å². The number of aliphatic hydroxyl groups excluding tert-OH is 1. The first kappa shape index (κ1) is 9.70. The van der Waals surface area contributed by atoms with Crippen LogP contribution in [0.1, 0.15) is 34.1 Å². The highest BCUT2D eigenvalue weighted by Gasteiger charge is 1.99. The third-order valence-electron chi connectivity index (χ3n) is 1.85. The molecule has 10 heavy (non-hydrogen) atoms. The smallest absolute Gasteiger partial charge is 0.0719 e. The van der Waals surface area contributed by atoms with Crippen molar-refractivity contribution < 1.29 is 5.11 Å². The molecule has 0 saturated heterocycles. The molecule has 1 heteroatoms. The van der Waals surface area contributed by atoms with E-state index in [0.29, 0.717) is 5.92 Å². The van der Waals surface area contributed by atoms with Crippen molar-refractivity contribution in [3.05, 3.63) is 11.6 Å². The Balaban J connectivity index is 3.89. The first-order valence-electron chi connectivity index (χ1n) is 3.94. The molecular weight excluding hydrogens is 124 g/mol. The van der Waals surface area contributed by atoms with Crippen molar-refractivity contribution >= 4 is 0 Å². The van der Waals surface area contributed by atoms with E-state index in [0.717, 1.165) is 12.0 Å². The highest BCUT2D eigenvalue weighted by atomic mass is 16.3. The Morgan fingerprint density at radius 3 is 2.30 bits per heavy atom. The third-order valence-corrected chi connectivity index (χ3v) is 1.85. The topological polar surface area (TPSA) is 20.2 Å². The van der Waals surface area contributed by atoms with Crippen molar-refractivity contribution in [2.75, 3.05) is 0 Å². The zero-order valence-electron chi connectivity index (χ0n) is 7.39. The quantitative estimate of drug-likeness (QED) is 0.600. The van der Waals surface area contributed by atoms with Gasteiger partial charge in [0.2, 0.25) is 0 Å². The highest BCUT2D eigenvalue weighted by molar-refractivity contribution is 5.04. The highest BCUT2D eigenvalue weighted by Crippen LogP contribution is 2.08. The van der Waals surface area contributed by atoms with Crippen LogP contribution in [0.3, 0.4) is 0 Å². The summed E-state index contributed by atoms with van der Waals surface area (Å²) in [5, 5.41) is 9.10. The van der Waals surface area contributed by atoms with Gasteiger partial charge in [0.1, 0.15) is 0 Å². The molecule has 0 heterocycles. The van der Waals surface area contributed by atoms with Gasteiger partial charge in [0, 0.05) is 0 Å². The zero-order valence-corrected chi connectivity index (χ0v) is 7.39. The number of hydrogen-bond acceptors (Lipinski definition) is 1. The minimum atomic E-state index is -0.283.